The van der Waals surface area contributed by atoms with Gasteiger partial charge in [-0.15, -0.1) is 0 Å². The van der Waals surface area contributed by atoms with Crippen LogP contribution in [0, 0.1) is 0 Å². The third kappa shape index (κ3) is 42.0. The summed E-state index contributed by atoms with van der Waals surface area (Å²) in [5.74, 6) is 0. The van der Waals surface area contributed by atoms with Crippen LogP contribution in [0.15, 0.2) is 0 Å². The van der Waals surface area contributed by atoms with Gasteiger partial charge in [-0.2, -0.15) is 0 Å². The monoisotopic (exact) mass is 220 g/mol. The van der Waals surface area contributed by atoms with E-state index in [1.165, 1.54) is 32.1 Å². The molecule has 0 aliphatic heterocycles. The first-order valence-corrected chi connectivity index (χ1v) is 5.60. The van der Waals surface area contributed by atoms with Crippen molar-refractivity contribution in [2.24, 2.45) is 0 Å². The molecule has 1 aliphatic rings. The molecule has 1 rings (SSSR count). The van der Waals surface area contributed by atoms with Crippen LogP contribution in [0.25, 0.3) is 0 Å². The molecule has 3 nitrogen and oxygen atoms in total. The van der Waals surface area contributed by atoms with Gasteiger partial charge in [0.2, 0.25) is 0 Å². The van der Waals surface area contributed by atoms with Crippen LogP contribution in [-0.2, 0) is 14.3 Å². The maximum Gasteiger partial charge on any atom is 0.106 e. The maximum atomic E-state index is 8.00. The fourth-order valence-electron chi connectivity index (χ4n) is 0.884. The van der Waals surface area contributed by atoms with Gasteiger partial charge in [0.15, 0.2) is 0 Å². The van der Waals surface area contributed by atoms with Crippen molar-refractivity contribution in [2.75, 3.05) is 27.4 Å². The zero-order valence-corrected chi connectivity index (χ0v) is 10.9. The van der Waals surface area contributed by atoms with Gasteiger partial charge in [0.1, 0.15) is 6.79 Å². The van der Waals surface area contributed by atoms with Gasteiger partial charge < -0.3 is 14.3 Å². The number of rotatable bonds is 2. The van der Waals surface area contributed by atoms with Crippen LogP contribution in [0.4, 0.5) is 0 Å². The molecule has 3 heteroatoms. The Bertz CT molecular complexity index is 57.7. The van der Waals surface area contributed by atoms with Crippen molar-refractivity contribution >= 4 is 6.79 Å². The molecule has 94 valence electrons. The molecule has 0 aromatic rings. The third-order valence-corrected chi connectivity index (χ3v) is 1.83. The molecular weight excluding hydrogens is 192 g/mol. The van der Waals surface area contributed by atoms with Crippen molar-refractivity contribution in [1.29, 1.82) is 0 Å². The van der Waals surface area contributed by atoms with Gasteiger partial charge in [0.25, 0.3) is 0 Å². The van der Waals surface area contributed by atoms with Gasteiger partial charge in [-0.3, -0.25) is 0 Å². The lowest BCUT2D eigenvalue weighted by molar-refractivity contribution is -0.0979. The van der Waals surface area contributed by atoms with Crippen molar-refractivity contribution in [2.45, 2.75) is 46.0 Å². The number of carbonyl (C=O) groups is 1. The second kappa shape index (κ2) is 29.2. The van der Waals surface area contributed by atoms with Crippen LogP contribution in [0.5, 0.6) is 0 Å². The van der Waals surface area contributed by atoms with Crippen molar-refractivity contribution in [1.82, 2.24) is 0 Å². The second-order valence-electron chi connectivity index (χ2n) is 2.92. The first-order chi connectivity index (χ1) is 7.33. The lowest BCUT2D eigenvalue weighted by atomic mass is 10.4. The second-order valence-corrected chi connectivity index (χ2v) is 2.92. The van der Waals surface area contributed by atoms with Gasteiger partial charge in [-0.1, -0.05) is 32.1 Å². The Hall–Kier alpha value is -0.410. The first kappa shape index (κ1) is 20.1. The Morgan fingerprint density at radius 2 is 0.933 bits per heavy atom. The van der Waals surface area contributed by atoms with Gasteiger partial charge in [0, 0.05) is 27.4 Å². The molecule has 0 aromatic heterocycles. The molecule has 0 radical (unpaired) electrons. The van der Waals surface area contributed by atoms with E-state index in [9.17, 15) is 0 Å². The molecule has 15 heavy (non-hydrogen) atoms. The van der Waals surface area contributed by atoms with E-state index < -0.39 is 0 Å². The molecule has 1 aliphatic carbocycles. The summed E-state index contributed by atoms with van der Waals surface area (Å²) < 4.78 is 9.08. The summed E-state index contributed by atoms with van der Waals surface area (Å²) in [7, 11) is 3.36. The summed E-state index contributed by atoms with van der Waals surface area (Å²) in [5, 5.41) is 0. The lowest BCUT2D eigenvalue weighted by Gasteiger charge is -1.76. The summed E-state index contributed by atoms with van der Waals surface area (Å²) in [6.07, 6.45) is 7.50. The Balaban J connectivity index is -0.000000135. The zero-order chi connectivity index (χ0) is 12.4. The summed E-state index contributed by atoms with van der Waals surface area (Å²) in [6, 6.07) is 0. The van der Waals surface area contributed by atoms with E-state index in [1.54, 1.807) is 14.2 Å². The molecule has 0 atom stereocenters. The molecule has 0 aromatic carbocycles. The van der Waals surface area contributed by atoms with Crippen molar-refractivity contribution in [3.05, 3.63) is 0 Å². The molecule has 0 amide bonds. The van der Waals surface area contributed by atoms with Crippen LogP contribution in [0.2, 0.25) is 0 Å². The van der Waals surface area contributed by atoms with Gasteiger partial charge in [0.05, 0.1) is 0 Å². The molecule has 0 saturated heterocycles. The average Bonchev–Trinajstić information content (AvgIpc) is 2.90. The topological polar surface area (TPSA) is 35.5 Å². The molecule has 1 saturated carbocycles. The highest BCUT2D eigenvalue weighted by molar-refractivity contribution is 5.10. The molecule has 0 N–H and O–H groups in total. The van der Waals surface area contributed by atoms with Gasteiger partial charge in [-0.05, 0) is 13.8 Å². The largest absolute Gasteiger partial charge is 0.385 e. The zero-order valence-electron chi connectivity index (χ0n) is 10.9. The third-order valence-electron chi connectivity index (χ3n) is 1.83. The Morgan fingerprint density at radius 1 is 0.800 bits per heavy atom. The summed E-state index contributed by atoms with van der Waals surface area (Å²) >= 11 is 0. The lowest BCUT2D eigenvalue weighted by Crippen LogP contribution is -1.73. The highest BCUT2D eigenvalue weighted by Crippen LogP contribution is 2.15. The van der Waals surface area contributed by atoms with Gasteiger partial charge in [-0.25, -0.2) is 0 Å². The van der Waals surface area contributed by atoms with E-state index in [4.69, 9.17) is 4.79 Å². The van der Waals surface area contributed by atoms with Crippen LogP contribution in [0.1, 0.15) is 46.0 Å². The fourth-order valence-corrected chi connectivity index (χ4v) is 0.884. The van der Waals surface area contributed by atoms with Crippen LogP contribution < -0.4 is 0 Å². The van der Waals surface area contributed by atoms with E-state index in [0.717, 1.165) is 13.2 Å². The molecule has 1 fully saturated rings. The van der Waals surface area contributed by atoms with E-state index in [2.05, 4.69) is 9.47 Å². The van der Waals surface area contributed by atoms with Crippen molar-refractivity contribution < 1.29 is 14.3 Å². The van der Waals surface area contributed by atoms with E-state index in [0.29, 0.717) is 0 Å². The number of hydrogen-bond donors (Lipinski definition) is 0. The summed E-state index contributed by atoms with van der Waals surface area (Å²) in [5.41, 5.74) is 0. The molecule has 0 heterocycles. The predicted octanol–water partition coefficient (Wildman–Crippen LogP) is 3.07. The normalized spacial score (nSPS) is 12.3. The molecular formula is C12H28O3. The number of hydrogen-bond acceptors (Lipinski definition) is 3. The Morgan fingerprint density at radius 3 is 1.00 bits per heavy atom. The highest BCUT2D eigenvalue weighted by Gasteiger charge is 1.95. The summed E-state index contributed by atoms with van der Waals surface area (Å²) in [4.78, 5) is 8.00. The number of methoxy groups -OCH3 is 2. The van der Waals surface area contributed by atoms with Crippen LogP contribution in [-0.4, -0.2) is 34.2 Å². The molecule has 0 bridgehead atoms. The van der Waals surface area contributed by atoms with Crippen LogP contribution >= 0.6 is 0 Å². The summed E-state index contributed by atoms with van der Waals surface area (Å²) in [6.45, 7) is 7.56. The van der Waals surface area contributed by atoms with Gasteiger partial charge >= 0.3 is 0 Å². The molecule has 0 spiro atoms. The maximum absolute atomic E-state index is 8.00. The minimum Gasteiger partial charge on any atom is -0.385 e. The standard InChI is InChI=1S/C5H10.2C3H8O.CH2O/c1-2-4-5-3-1;2*1-3-4-2;1-2/h1-5H2;2*3H2,1-2H3;1H2. The minimum atomic E-state index is 0.819. The minimum absolute atomic E-state index is 0.819. The fraction of sp³-hybridized carbons (Fsp3) is 0.917. The highest BCUT2D eigenvalue weighted by atomic mass is 16.5. The number of ether oxygens (including phenoxy) is 2. The quantitative estimate of drug-likeness (QED) is 0.717. The average molecular weight is 220 g/mol. The Kier molecular flexibility index (Phi) is 39.0. The van der Waals surface area contributed by atoms with E-state index in [-0.39, 0.29) is 0 Å². The SMILES string of the molecule is C1CCCC1.C=O.CCOC.CCOC. The van der Waals surface area contributed by atoms with Crippen LogP contribution in [0.3, 0.4) is 0 Å². The van der Waals surface area contributed by atoms with E-state index >= 15 is 0 Å². The van der Waals surface area contributed by atoms with Crippen molar-refractivity contribution in [3.63, 3.8) is 0 Å². The van der Waals surface area contributed by atoms with E-state index in [1.807, 2.05) is 20.6 Å². The smallest absolute Gasteiger partial charge is 0.106 e. The van der Waals surface area contributed by atoms with Crippen molar-refractivity contribution in [3.8, 4) is 0 Å². The molecule has 0 unspecified atom stereocenters. The Labute approximate surface area is 95.2 Å². The number of carbonyl (C=O) groups excluding carboxylic acids is 1. The predicted molar refractivity (Wildman–Crippen MR) is 65.3 cm³/mol. The first-order valence-electron chi connectivity index (χ1n) is 5.60.